The largest absolute Gasteiger partial charge is 0.404 e. The van der Waals surface area contributed by atoms with Crippen molar-refractivity contribution < 1.29 is 17.6 Å². The molecule has 0 saturated carbocycles. The Hall–Kier alpha value is -3.60. The van der Waals surface area contributed by atoms with E-state index in [4.69, 9.17) is 0 Å². The van der Waals surface area contributed by atoms with Crippen molar-refractivity contribution in [2.75, 3.05) is 4.90 Å². The highest BCUT2D eigenvalue weighted by molar-refractivity contribution is 7.97. The fraction of sp³-hybridized carbons (Fsp3) is 0.269. The standard InChI is InChI=1S/C24H23F4N5S.C2H2/c1-15-11-22(18(9-10-29)12-21(15)25)33(23-6-4-5-16(2)31-23)14-19-7-8-20(13-30-19)34-32-17(3)24(26,27)28;1-2/h4-8,11-13,17,32H,9,14H2,1-3H3;1-2H. The maximum atomic E-state index is 14.3. The number of aryl methyl sites for hydroxylation is 2. The number of aromatic nitrogens is 2. The second kappa shape index (κ2) is 12.9. The van der Waals surface area contributed by atoms with E-state index in [2.05, 4.69) is 33.6 Å². The topological polar surface area (TPSA) is 64.8 Å². The second-order valence-electron chi connectivity index (χ2n) is 7.76. The number of alkyl halides is 3. The Morgan fingerprint density at radius 1 is 1.17 bits per heavy atom. The summed E-state index contributed by atoms with van der Waals surface area (Å²) in [5.41, 5.74) is 3.00. The highest BCUT2D eigenvalue weighted by Gasteiger charge is 2.35. The number of nitrogens with zero attached hydrogens (tertiary/aromatic N) is 4. The van der Waals surface area contributed by atoms with Crippen molar-refractivity contribution in [2.45, 2.75) is 50.9 Å². The zero-order valence-corrected chi connectivity index (χ0v) is 20.8. The summed E-state index contributed by atoms with van der Waals surface area (Å²) in [5.74, 6) is 0.206. The Morgan fingerprint density at radius 2 is 1.89 bits per heavy atom. The minimum Gasteiger partial charge on any atom is -0.320 e. The quantitative estimate of drug-likeness (QED) is 0.212. The van der Waals surface area contributed by atoms with Crippen LogP contribution in [0.25, 0.3) is 0 Å². The van der Waals surface area contributed by atoms with E-state index in [0.29, 0.717) is 33.2 Å². The summed E-state index contributed by atoms with van der Waals surface area (Å²) < 4.78 is 54.7. The fourth-order valence-electron chi connectivity index (χ4n) is 3.10. The third-order valence-electron chi connectivity index (χ3n) is 5.03. The first kappa shape index (κ1) is 28.6. The molecule has 0 aliphatic rings. The Balaban J connectivity index is 0.00000222. The number of hydrogen-bond acceptors (Lipinski definition) is 6. The molecule has 0 fully saturated rings. The van der Waals surface area contributed by atoms with Crippen LogP contribution in [0.2, 0.25) is 0 Å². The molecule has 188 valence electrons. The number of nitriles is 1. The molecule has 0 bridgehead atoms. The summed E-state index contributed by atoms with van der Waals surface area (Å²) in [4.78, 5) is 11.4. The third kappa shape index (κ3) is 7.70. The van der Waals surface area contributed by atoms with E-state index in [-0.39, 0.29) is 13.0 Å². The predicted molar refractivity (Wildman–Crippen MR) is 134 cm³/mol. The molecule has 1 unspecified atom stereocenters. The van der Waals surface area contributed by atoms with E-state index in [9.17, 15) is 22.8 Å². The number of benzene rings is 1. The van der Waals surface area contributed by atoms with Crippen LogP contribution in [-0.2, 0) is 13.0 Å². The van der Waals surface area contributed by atoms with Gasteiger partial charge >= 0.3 is 6.18 Å². The van der Waals surface area contributed by atoms with Gasteiger partial charge < -0.3 is 4.90 Å². The summed E-state index contributed by atoms with van der Waals surface area (Å²) in [6.07, 6.45) is 5.17. The van der Waals surface area contributed by atoms with E-state index in [1.54, 1.807) is 25.1 Å². The smallest absolute Gasteiger partial charge is 0.320 e. The normalized spacial score (nSPS) is 11.7. The van der Waals surface area contributed by atoms with E-state index in [1.165, 1.54) is 12.3 Å². The summed E-state index contributed by atoms with van der Waals surface area (Å²) in [7, 11) is 0. The van der Waals surface area contributed by atoms with Crippen LogP contribution in [0.4, 0.5) is 29.1 Å². The highest BCUT2D eigenvalue weighted by Crippen LogP contribution is 2.32. The zero-order chi connectivity index (χ0) is 26.9. The fourth-order valence-corrected chi connectivity index (χ4v) is 3.79. The van der Waals surface area contributed by atoms with E-state index in [1.807, 2.05) is 30.0 Å². The lowest BCUT2D eigenvalue weighted by Crippen LogP contribution is -2.35. The van der Waals surface area contributed by atoms with Gasteiger partial charge in [-0.1, -0.05) is 6.07 Å². The molecular weight excluding hydrogens is 490 g/mol. The molecule has 5 nitrogen and oxygen atoms in total. The summed E-state index contributed by atoms with van der Waals surface area (Å²) in [6, 6.07) is 12.4. The van der Waals surface area contributed by atoms with Crippen molar-refractivity contribution in [2.24, 2.45) is 0 Å². The molecular formula is C26H25F4N5S. The summed E-state index contributed by atoms with van der Waals surface area (Å²) >= 11 is 0.854. The van der Waals surface area contributed by atoms with Gasteiger partial charge in [0.2, 0.25) is 0 Å². The van der Waals surface area contributed by atoms with Crippen LogP contribution in [0.5, 0.6) is 0 Å². The monoisotopic (exact) mass is 515 g/mol. The van der Waals surface area contributed by atoms with Gasteiger partial charge in [0.25, 0.3) is 0 Å². The summed E-state index contributed by atoms with van der Waals surface area (Å²) in [6.45, 7) is 4.81. The molecule has 2 aromatic heterocycles. The number of hydrogen-bond donors (Lipinski definition) is 1. The molecule has 1 atom stereocenters. The molecule has 0 aliphatic carbocycles. The van der Waals surface area contributed by atoms with Crippen molar-refractivity contribution in [1.82, 2.24) is 14.7 Å². The van der Waals surface area contributed by atoms with E-state index >= 15 is 0 Å². The van der Waals surface area contributed by atoms with Crippen molar-refractivity contribution in [1.29, 1.82) is 5.26 Å². The average Bonchev–Trinajstić information content (AvgIpc) is 2.85. The van der Waals surface area contributed by atoms with Crippen molar-refractivity contribution in [3.05, 3.63) is 77.0 Å². The predicted octanol–water partition coefficient (Wildman–Crippen LogP) is 6.43. The molecule has 3 aromatic rings. The maximum absolute atomic E-state index is 14.3. The van der Waals surface area contributed by atoms with Gasteiger partial charge in [0.05, 0.1) is 24.7 Å². The minimum absolute atomic E-state index is 0.0148. The Bertz CT molecular complexity index is 1220. The highest BCUT2D eigenvalue weighted by atomic mass is 32.2. The number of terminal acetylenes is 1. The molecule has 1 N–H and O–H groups in total. The van der Waals surface area contributed by atoms with Gasteiger partial charge in [0.15, 0.2) is 0 Å². The van der Waals surface area contributed by atoms with Crippen molar-refractivity contribution >= 4 is 23.5 Å². The van der Waals surface area contributed by atoms with Gasteiger partial charge in [-0.2, -0.15) is 18.4 Å². The maximum Gasteiger partial charge on any atom is 0.404 e. The van der Waals surface area contributed by atoms with Gasteiger partial charge in [0.1, 0.15) is 17.7 Å². The summed E-state index contributed by atoms with van der Waals surface area (Å²) in [5, 5.41) is 9.26. The van der Waals surface area contributed by atoms with Gasteiger partial charge in [-0.05, 0) is 80.2 Å². The van der Waals surface area contributed by atoms with Crippen LogP contribution in [0.1, 0.15) is 29.4 Å². The first-order valence-corrected chi connectivity index (χ1v) is 11.5. The third-order valence-corrected chi connectivity index (χ3v) is 5.98. The molecule has 0 saturated heterocycles. The van der Waals surface area contributed by atoms with Crippen LogP contribution in [0.15, 0.2) is 53.6 Å². The van der Waals surface area contributed by atoms with Gasteiger partial charge in [-0.3, -0.25) is 4.98 Å². The lowest BCUT2D eigenvalue weighted by Gasteiger charge is -2.26. The first-order chi connectivity index (χ1) is 17.1. The molecule has 0 aliphatic heterocycles. The van der Waals surface area contributed by atoms with Crippen LogP contribution >= 0.6 is 11.9 Å². The molecule has 10 heteroatoms. The van der Waals surface area contributed by atoms with Crippen molar-refractivity contribution in [3.63, 3.8) is 0 Å². The molecule has 0 radical (unpaired) electrons. The van der Waals surface area contributed by atoms with Crippen LogP contribution in [0.3, 0.4) is 0 Å². The second-order valence-corrected chi connectivity index (χ2v) is 8.67. The molecule has 1 aromatic carbocycles. The average molecular weight is 516 g/mol. The van der Waals surface area contributed by atoms with Gasteiger partial charge in [-0.25, -0.2) is 14.1 Å². The lowest BCUT2D eigenvalue weighted by molar-refractivity contribution is -0.146. The molecule has 2 heterocycles. The van der Waals surface area contributed by atoms with Crippen LogP contribution in [0, 0.1) is 43.8 Å². The molecule has 0 spiro atoms. The van der Waals surface area contributed by atoms with E-state index in [0.717, 1.165) is 24.6 Å². The number of pyridine rings is 2. The number of halogens is 4. The minimum atomic E-state index is -4.34. The van der Waals surface area contributed by atoms with Gasteiger partial charge in [-0.15, -0.1) is 12.8 Å². The number of nitrogens with one attached hydrogen (secondary N) is 1. The molecule has 36 heavy (non-hydrogen) atoms. The Morgan fingerprint density at radius 3 is 2.47 bits per heavy atom. The first-order valence-electron chi connectivity index (χ1n) is 10.7. The zero-order valence-electron chi connectivity index (χ0n) is 20.0. The van der Waals surface area contributed by atoms with E-state index < -0.39 is 18.0 Å². The van der Waals surface area contributed by atoms with Crippen LogP contribution in [-0.4, -0.2) is 22.2 Å². The van der Waals surface area contributed by atoms with Crippen molar-refractivity contribution in [3.8, 4) is 18.9 Å². The van der Waals surface area contributed by atoms with Gasteiger partial charge in [0, 0.05) is 22.5 Å². The SMILES string of the molecule is C#C.Cc1cccc(N(Cc2ccc(SNC(C)C(F)(F)F)cn2)c2cc(C)c(F)cc2CC#N)n1. The lowest BCUT2D eigenvalue weighted by atomic mass is 10.0. The molecule has 0 amide bonds. The number of rotatable bonds is 8. The van der Waals surface area contributed by atoms with Crippen LogP contribution < -0.4 is 9.62 Å². The number of anilines is 2. The Labute approximate surface area is 212 Å². The Kier molecular flexibility index (Phi) is 10.3. The molecule has 3 rings (SSSR count).